The first-order chi connectivity index (χ1) is 9.44. The average Bonchev–Trinajstić information content (AvgIpc) is 2.29. The molecule has 1 aromatic carbocycles. The standard InChI is InChI=1S/C11H17N3O.CH4O4S/c1-9-7-5-6-8-10(9)12-11(15)13-14(2,3)4;1-5-6(2,3)4/h5-8H,1-4H3,(H-,12,13,15);1H3,(H,2,3,4). The van der Waals surface area contributed by atoms with Gasteiger partial charge in [0, 0.05) is 5.69 Å². The third-order valence-corrected chi connectivity index (χ3v) is 2.44. The smallest absolute Gasteiger partial charge is 0.363 e. The third kappa shape index (κ3) is 10.7. The summed E-state index contributed by atoms with van der Waals surface area (Å²) in [6.07, 6.45) is 0. The molecule has 120 valence electrons. The highest BCUT2D eigenvalue weighted by Gasteiger charge is 2.12. The van der Waals surface area contributed by atoms with Crippen LogP contribution in [0.5, 0.6) is 0 Å². The van der Waals surface area contributed by atoms with E-state index in [0.29, 0.717) is 4.59 Å². The minimum atomic E-state index is -4.41. The summed E-state index contributed by atoms with van der Waals surface area (Å²) in [5.41, 5.74) is 4.67. The second kappa shape index (κ2) is 7.93. The van der Waals surface area contributed by atoms with Crippen LogP contribution in [0.4, 0.5) is 10.5 Å². The predicted octanol–water partition coefficient (Wildman–Crippen LogP) is 0.831. The molecule has 1 rings (SSSR count). The Morgan fingerprint density at radius 2 is 1.71 bits per heavy atom. The number of carbonyl (C=O) groups is 1. The molecule has 0 unspecified atom stereocenters. The van der Waals surface area contributed by atoms with Gasteiger partial charge in [0.1, 0.15) is 0 Å². The first-order valence-electron chi connectivity index (χ1n) is 5.92. The van der Waals surface area contributed by atoms with Gasteiger partial charge in [0.2, 0.25) is 10.4 Å². The van der Waals surface area contributed by atoms with E-state index in [1.54, 1.807) is 0 Å². The van der Waals surface area contributed by atoms with Gasteiger partial charge in [0.25, 0.3) is 0 Å². The van der Waals surface area contributed by atoms with E-state index in [4.69, 9.17) is 0 Å². The Hall–Kier alpha value is -1.68. The normalized spacial score (nSPS) is 11.1. The van der Waals surface area contributed by atoms with E-state index >= 15 is 0 Å². The molecule has 0 aromatic heterocycles. The van der Waals surface area contributed by atoms with Gasteiger partial charge in [0.05, 0.1) is 28.3 Å². The highest BCUT2D eigenvalue weighted by atomic mass is 32.3. The summed E-state index contributed by atoms with van der Waals surface area (Å²) in [6.45, 7) is 1.96. The lowest BCUT2D eigenvalue weighted by Crippen LogP contribution is -2.52. The molecular weight excluding hydrogens is 298 g/mol. The van der Waals surface area contributed by atoms with Crippen LogP contribution in [0.25, 0.3) is 0 Å². The van der Waals surface area contributed by atoms with Gasteiger partial charge in [-0.3, -0.25) is 4.18 Å². The molecule has 0 bridgehead atoms. The monoisotopic (exact) mass is 319 g/mol. The Labute approximate surface area is 125 Å². The van der Waals surface area contributed by atoms with Crippen molar-refractivity contribution >= 4 is 22.1 Å². The number of aryl methyl sites for hydroxylation is 1. The number of nitrogens with one attached hydrogen (secondary N) is 2. The number of benzene rings is 1. The van der Waals surface area contributed by atoms with Crippen LogP contribution in [0.3, 0.4) is 0 Å². The van der Waals surface area contributed by atoms with E-state index in [1.807, 2.05) is 52.3 Å². The van der Waals surface area contributed by atoms with E-state index in [9.17, 15) is 17.8 Å². The van der Waals surface area contributed by atoms with Crippen LogP contribution in [-0.2, 0) is 14.6 Å². The zero-order valence-electron chi connectivity index (χ0n) is 12.7. The molecule has 2 N–H and O–H groups in total. The van der Waals surface area contributed by atoms with Crippen LogP contribution < -0.4 is 10.7 Å². The van der Waals surface area contributed by atoms with Gasteiger partial charge in [-0.2, -0.15) is 5.43 Å². The van der Waals surface area contributed by atoms with Crippen LogP contribution in [-0.4, -0.2) is 51.8 Å². The number of quaternary nitrogens is 1. The molecule has 0 radical (unpaired) electrons. The van der Waals surface area contributed by atoms with E-state index in [-0.39, 0.29) is 6.03 Å². The van der Waals surface area contributed by atoms with Crippen molar-refractivity contribution in [2.45, 2.75) is 6.92 Å². The highest BCUT2D eigenvalue weighted by molar-refractivity contribution is 7.80. The van der Waals surface area contributed by atoms with Crippen molar-refractivity contribution in [3.8, 4) is 0 Å². The first kappa shape index (κ1) is 19.3. The van der Waals surface area contributed by atoms with Gasteiger partial charge in [-0.1, -0.05) is 18.2 Å². The van der Waals surface area contributed by atoms with Crippen LogP contribution >= 0.6 is 0 Å². The largest absolute Gasteiger partial charge is 0.726 e. The molecule has 0 saturated carbocycles. The molecule has 0 heterocycles. The number of anilines is 1. The van der Waals surface area contributed by atoms with Gasteiger partial charge < -0.3 is 9.87 Å². The molecule has 8 nitrogen and oxygen atoms in total. The van der Waals surface area contributed by atoms with Crippen molar-refractivity contribution in [2.75, 3.05) is 33.6 Å². The number of amides is 2. The maximum Gasteiger partial charge on any atom is 0.363 e. The Morgan fingerprint density at radius 1 is 1.24 bits per heavy atom. The van der Waals surface area contributed by atoms with Crippen molar-refractivity contribution < 1.29 is 26.5 Å². The first-order valence-corrected chi connectivity index (χ1v) is 7.25. The number of hydrogen-bond acceptors (Lipinski definition) is 5. The number of carbonyl (C=O) groups excluding carboxylic acids is 1. The van der Waals surface area contributed by atoms with Crippen LogP contribution in [0, 0.1) is 6.92 Å². The Balaban J connectivity index is 0.000000567. The lowest BCUT2D eigenvalue weighted by Gasteiger charge is -2.23. The number of urea groups is 1. The molecule has 0 atom stereocenters. The van der Waals surface area contributed by atoms with E-state index in [2.05, 4.69) is 14.9 Å². The molecule has 0 aliphatic carbocycles. The molecule has 0 fully saturated rings. The van der Waals surface area contributed by atoms with Gasteiger partial charge in [-0.05, 0) is 18.6 Å². The molecule has 0 saturated heterocycles. The van der Waals surface area contributed by atoms with Gasteiger partial charge in [-0.15, -0.1) is 0 Å². The summed E-state index contributed by atoms with van der Waals surface area (Å²) in [5.74, 6) is 0. The molecular formula is C12H21N3O5S. The van der Waals surface area contributed by atoms with Crippen LogP contribution in [0.1, 0.15) is 5.56 Å². The lowest BCUT2D eigenvalue weighted by atomic mass is 10.2. The van der Waals surface area contributed by atoms with Gasteiger partial charge >= 0.3 is 6.03 Å². The Bertz CT molecular complexity index is 567. The predicted molar refractivity (Wildman–Crippen MR) is 78.1 cm³/mol. The molecule has 0 aliphatic heterocycles. The van der Waals surface area contributed by atoms with Crippen molar-refractivity contribution in [1.29, 1.82) is 0 Å². The van der Waals surface area contributed by atoms with E-state index < -0.39 is 10.4 Å². The fraction of sp³-hybridized carbons (Fsp3) is 0.417. The van der Waals surface area contributed by atoms with Crippen LogP contribution in [0.2, 0.25) is 0 Å². The summed E-state index contributed by atoms with van der Waals surface area (Å²) in [6, 6.07) is 7.48. The number of rotatable bonds is 3. The second-order valence-corrected chi connectivity index (χ2v) is 6.12. The third-order valence-electron chi connectivity index (χ3n) is 2.03. The lowest BCUT2D eigenvalue weighted by molar-refractivity contribution is -0.905. The molecule has 1 aromatic rings. The molecule has 9 heteroatoms. The average molecular weight is 319 g/mol. The van der Waals surface area contributed by atoms with Crippen molar-refractivity contribution in [1.82, 2.24) is 5.43 Å². The van der Waals surface area contributed by atoms with Crippen molar-refractivity contribution in [3.63, 3.8) is 0 Å². The van der Waals surface area contributed by atoms with Gasteiger partial charge in [-0.25, -0.2) is 17.8 Å². The maximum absolute atomic E-state index is 11.5. The number of hydrogen-bond donors (Lipinski definition) is 2. The molecule has 21 heavy (non-hydrogen) atoms. The fourth-order valence-electron chi connectivity index (χ4n) is 1.17. The molecule has 0 aliphatic rings. The Morgan fingerprint density at radius 3 is 2.10 bits per heavy atom. The van der Waals surface area contributed by atoms with Crippen LogP contribution in [0.15, 0.2) is 24.3 Å². The summed E-state index contributed by atoms with van der Waals surface area (Å²) >= 11 is 0. The molecule has 0 spiro atoms. The SMILES string of the molecule is COS(=O)(=O)[O-].Cc1ccccc1NC(=O)N[N+](C)(C)C. The quantitative estimate of drug-likeness (QED) is 0.371. The fourth-order valence-corrected chi connectivity index (χ4v) is 1.17. The highest BCUT2D eigenvalue weighted by Crippen LogP contribution is 2.12. The number of nitrogens with zero attached hydrogens (tertiary/aromatic N) is 1. The molecule has 2 amide bonds. The number of para-hydroxylation sites is 1. The zero-order valence-corrected chi connectivity index (χ0v) is 13.5. The maximum atomic E-state index is 11.5. The summed E-state index contributed by atoms with van der Waals surface area (Å²) in [7, 11) is 2.05. The van der Waals surface area contributed by atoms with E-state index in [0.717, 1.165) is 18.4 Å². The summed E-state index contributed by atoms with van der Waals surface area (Å²) in [5, 5.41) is 2.80. The summed E-state index contributed by atoms with van der Waals surface area (Å²) < 4.78 is 31.4. The zero-order chi connectivity index (χ0) is 16.7. The minimum absolute atomic E-state index is 0.197. The van der Waals surface area contributed by atoms with Crippen molar-refractivity contribution in [2.24, 2.45) is 0 Å². The minimum Gasteiger partial charge on any atom is -0.726 e. The summed E-state index contributed by atoms with van der Waals surface area (Å²) in [4.78, 5) is 11.5. The van der Waals surface area contributed by atoms with E-state index in [1.165, 1.54) is 0 Å². The topological polar surface area (TPSA) is 108 Å². The Kier molecular flexibility index (Phi) is 7.30. The van der Waals surface area contributed by atoms with Gasteiger partial charge in [0.15, 0.2) is 0 Å². The van der Waals surface area contributed by atoms with Crippen molar-refractivity contribution in [3.05, 3.63) is 29.8 Å². The second-order valence-electron chi connectivity index (χ2n) is 4.97.